The molecule has 3 N–H and O–H groups in total. The zero-order valence-electron chi connectivity index (χ0n) is 16.7. The molecule has 30 heavy (non-hydrogen) atoms. The van der Waals surface area contributed by atoms with Crippen molar-refractivity contribution < 1.29 is 19.3 Å². The highest BCUT2D eigenvalue weighted by atomic mass is 16.6. The van der Waals surface area contributed by atoms with E-state index in [1.807, 2.05) is 0 Å². The van der Waals surface area contributed by atoms with Crippen LogP contribution in [-0.2, 0) is 20.6 Å². The molecule has 1 fully saturated rings. The third-order valence-electron chi connectivity index (χ3n) is 6.10. The van der Waals surface area contributed by atoms with E-state index in [0.717, 1.165) is 12.8 Å². The number of nitrogen functional groups attached to an aromatic ring is 1. The number of nitrogens with two attached hydrogens (primary N) is 1. The van der Waals surface area contributed by atoms with Crippen LogP contribution in [-0.4, -0.2) is 63.3 Å². The molecule has 5 rings (SSSR count). The van der Waals surface area contributed by atoms with Crippen molar-refractivity contribution in [3.05, 3.63) is 48.0 Å². The first kappa shape index (κ1) is 19.4. The number of hydrogen-bond acceptors (Lipinski definition) is 8. The minimum Gasteiger partial charge on any atom is -0.387 e. The molecule has 0 spiro atoms. The van der Waals surface area contributed by atoms with Gasteiger partial charge in [-0.05, 0) is 24.0 Å². The van der Waals surface area contributed by atoms with Crippen LogP contribution in [0.15, 0.2) is 36.9 Å². The molecule has 1 unspecified atom stereocenters. The molecule has 3 heterocycles. The Morgan fingerprint density at radius 2 is 2.10 bits per heavy atom. The summed E-state index contributed by atoms with van der Waals surface area (Å²) in [4.78, 5) is 12.5. The summed E-state index contributed by atoms with van der Waals surface area (Å²) in [5.74, 6) is 0.675. The van der Waals surface area contributed by atoms with Gasteiger partial charge in [-0.2, -0.15) is 0 Å². The van der Waals surface area contributed by atoms with Gasteiger partial charge in [0.1, 0.15) is 30.2 Å². The molecule has 0 amide bonds. The molecule has 1 aliphatic heterocycles. The van der Waals surface area contributed by atoms with Crippen molar-refractivity contribution >= 4 is 17.0 Å². The average molecular weight is 411 g/mol. The fourth-order valence-corrected chi connectivity index (χ4v) is 4.54. The zero-order chi connectivity index (χ0) is 20.7. The van der Waals surface area contributed by atoms with Gasteiger partial charge >= 0.3 is 0 Å². The fourth-order valence-electron chi connectivity index (χ4n) is 4.54. The summed E-state index contributed by atoms with van der Waals surface area (Å²) in [5.41, 5.74) is 9.67. The van der Waals surface area contributed by atoms with Crippen molar-refractivity contribution in [2.75, 3.05) is 26.1 Å². The Hall–Kier alpha value is -2.59. The van der Waals surface area contributed by atoms with Crippen LogP contribution in [0.5, 0.6) is 0 Å². The van der Waals surface area contributed by atoms with Crippen molar-refractivity contribution in [3.8, 4) is 0 Å². The lowest BCUT2D eigenvalue weighted by atomic mass is 10.0. The van der Waals surface area contributed by atoms with E-state index in [-0.39, 0.29) is 6.61 Å². The van der Waals surface area contributed by atoms with Gasteiger partial charge in [0.05, 0.1) is 19.5 Å². The summed E-state index contributed by atoms with van der Waals surface area (Å²) < 4.78 is 19.4. The Morgan fingerprint density at radius 1 is 1.23 bits per heavy atom. The number of ether oxygens (including phenoxy) is 3. The number of imidazole rings is 1. The number of methoxy groups -OCH3 is 1. The molecule has 5 atom stereocenters. The summed E-state index contributed by atoms with van der Waals surface area (Å²) in [6.07, 6.45) is 2.59. The molecule has 2 aromatic heterocycles. The number of anilines is 1. The number of aliphatic hydroxyl groups is 1. The lowest BCUT2D eigenvalue weighted by Gasteiger charge is -2.19. The molecule has 1 saturated heterocycles. The fraction of sp³-hybridized carbons (Fsp3) is 0.476. The minimum atomic E-state index is -0.840. The Labute approximate surface area is 173 Å². The summed E-state index contributed by atoms with van der Waals surface area (Å²) in [6, 6.07) is 8.50. The second kappa shape index (κ2) is 7.92. The molecule has 1 aromatic carbocycles. The van der Waals surface area contributed by atoms with Crippen molar-refractivity contribution in [1.29, 1.82) is 0 Å². The minimum absolute atomic E-state index is 0.278. The Morgan fingerprint density at radius 3 is 2.97 bits per heavy atom. The van der Waals surface area contributed by atoms with Crippen molar-refractivity contribution in [1.82, 2.24) is 19.5 Å². The Balaban J connectivity index is 1.27. The molecular formula is C21H25N5O4. The predicted octanol–water partition coefficient (Wildman–Crippen LogP) is 1.43. The standard InChI is InChI=1S/C21H25N5O4/c1-28-18-17(27)15(9-29-8-13-7-6-12-4-2-3-5-14(12)13)30-21(18)26-11-25-16-19(22)23-10-24-20(16)26/h2-5,10-11,13,15,17-18,21,27H,6-9H2,1H3,(H2,22,23,24)/t13?,15-,17-,18-,21-/m1/s1. The Bertz CT molecular complexity index is 1040. The number of aliphatic hydroxyl groups excluding tert-OH is 1. The summed E-state index contributed by atoms with van der Waals surface area (Å²) in [7, 11) is 1.55. The van der Waals surface area contributed by atoms with Crippen LogP contribution in [0.25, 0.3) is 11.2 Å². The summed E-state index contributed by atoms with van der Waals surface area (Å²) >= 11 is 0. The lowest BCUT2D eigenvalue weighted by Crippen LogP contribution is -2.35. The van der Waals surface area contributed by atoms with Gasteiger partial charge in [-0.3, -0.25) is 4.57 Å². The molecule has 0 bridgehead atoms. The molecule has 9 nitrogen and oxygen atoms in total. The van der Waals surface area contributed by atoms with E-state index >= 15 is 0 Å². The van der Waals surface area contributed by atoms with E-state index in [0.29, 0.717) is 29.5 Å². The third-order valence-corrected chi connectivity index (χ3v) is 6.10. The monoisotopic (exact) mass is 411 g/mol. The lowest BCUT2D eigenvalue weighted by molar-refractivity contribution is -0.0699. The number of fused-ring (bicyclic) bond motifs is 2. The third kappa shape index (κ3) is 3.24. The number of aromatic nitrogens is 4. The van der Waals surface area contributed by atoms with Gasteiger partial charge in [-0.25, -0.2) is 15.0 Å². The van der Waals surface area contributed by atoms with Gasteiger partial charge in [0.25, 0.3) is 0 Å². The highest BCUT2D eigenvalue weighted by Crippen LogP contribution is 2.35. The Kier molecular flexibility index (Phi) is 5.11. The molecule has 2 aliphatic rings. The van der Waals surface area contributed by atoms with E-state index in [9.17, 15) is 5.11 Å². The van der Waals surface area contributed by atoms with Crippen molar-refractivity contribution in [2.24, 2.45) is 0 Å². The van der Waals surface area contributed by atoms with Crippen molar-refractivity contribution in [2.45, 2.75) is 43.3 Å². The van der Waals surface area contributed by atoms with Gasteiger partial charge < -0.3 is 25.1 Å². The van der Waals surface area contributed by atoms with Crippen LogP contribution >= 0.6 is 0 Å². The second-order valence-electron chi connectivity index (χ2n) is 7.81. The number of hydrogen-bond donors (Lipinski definition) is 2. The van der Waals surface area contributed by atoms with Gasteiger partial charge in [-0.1, -0.05) is 24.3 Å². The van der Waals surface area contributed by atoms with E-state index in [2.05, 4.69) is 39.2 Å². The van der Waals surface area contributed by atoms with Crippen LogP contribution in [0.4, 0.5) is 5.82 Å². The number of benzene rings is 1. The van der Waals surface area contributed by atoms with Gasteiger partial charge in [0.2, 0.25) is 0 Å². The summed E-state index contributed by atoms with van der Waals surface area (Å²) in [5, 5.41) is 10.8. The van der Waals surface area contributed by atoms with Crippen LogP contribution in [0.2, 0.25) is 0 Å². The van der Waals surface area contributed by atoms with Crippen LogP contribution in [0.3, 0.4) is 0 Å². The maximum atomic E-state index is 10.8. The number of rotatable bonds is 6. The molecule has 158 valence electrons. The normalized spacial score (nSPS) is 28.3. The highest BCUT2D eigenvalue weighted by molar-refractivity contribution is 5.81. The second-order valence-corrected chi connectivity index (χ2v) is 7.81. The topological polar surface area (TPSA) is 118 Å². The smallest absolute Gasteiger partial charge is 0.167 e. The largest absolute Gasteiger partial charge is 0.387 e. The molecule has 0 radical (unpaired) electrons. The predicted molar refractivity (Wildman–Crippen MR) is 109 cm³/mol. The van der Waals surface area contributed by atoms with Gasteiger partial charge in [0, 0.05) is 13.0 Å². The molecule has 1 aliphatic carbocycles. The van der Waals surface area contributed by atoms with E-state index < -0.39 is 24.5 Å². The average Bonchev–Trinajstić information content (AvgIpc) is 3.45. The summed E-state index contributed by atoms with van der Waals surface area (Å²) in [6.45, 7) is 0.879. The SMILES string of the molecule is CO[C@@H]1[C@H](O)[C@@H](COCC2CCc3ccccc32)O[C@H]1n1cnc2c(N)ncnc21. The molecular weight excluding hydrogens is 386 g/mol. The molecule has 0 saturated carbocycles. The van der Waals surface area contributed by atoms with Crippen molar-refractivity contribution in [3.63, 3.8) is 0 Å². The van der Waals surface area contributed by atoms with E-state index in [1.165, 1.54) is 17.5 Å². The zero-order valence-corrected chi connectivity index (χ0v) is 16.7. The first-order chi connectivity index (χ1) is 14.7. The quantitative estimate of drug-likeness (QED) is 0.626. The van der Waals surface area contributed by atoms with E-state index in [4.69, 9.17) is 19.9 Å². The highest BCUT2D eigenvalue weighted by Gasteiger charge is 2.45. The first-order valence-electron chi connectivity index (χ1n) is 10.1. The van der Waals surface area contributed by atoms with Gasteiger partial charge in [-0.15, -0.1) is 0 Å². The number of aryl methyl sites for hydroxylation is 1. The van der Waals surface area contributed by atoms with Crippen LogP contribution in [0.1, 0.15) is 29.7 Å². The first-order valence-corrected chi connectivity index (χ1v) is 10.1. The van der Waals surface area contributed by atoms with Crippen LogP contribution in [0, 0.1) is 0 Å². The number of nitrogens with zero attached hydrogens (tertiary/aromatic N) is 4. The van der Waals surface area contributed by atoms with Gasteiger partial charge in [0.15, 0.2) is 17.7 Å². The maximum Gasteiger partial charge on any atom is 0.167 e. The molecule has 3 aromatic rings. The van der Waals surface area contributed by atoms with E-state index in [1.54, 1.807) is 18.0 Å². The molecule has 9 heteroatoms. The van der Waals surface area contributed by atoms with Crippen LogP contribution < -0.4 is 5.73 Å². The maximum absolute atomic E-state index is 10.8.